The summed E-state index contributed by atoms with van der Waals surface area (Å²) in [7, 11) is 0. The largest absolute Gasteiger partial charge is 0.462 e. The number of esters is 3. The zero-order valence-electron chi connectivity index (χ0n) is 49.2. The maximum atomic E-state index is 12.8. The minimum absolute atomic E-state index is 0.0877. The Morgan fingerprint density at radius 2 is 0.513 bits per heavy atom. The van der Waals surface area contributed by atoms with Crippen molar-refractivity contribution in [3.05, 3.63) is 134 Å². The topological polar surface area (TPSA) is 78.9 Å². The average Bonchev–Trinajstić information content (AvgIpc) is 3.42. The Bertz CT molecular complexity index is 1630. The summed E-state index contributed by atoms with van der Waals surface area (Å²) in [4.78, 5) is 38.0. The van der Waals surface area contributed by atoms with Crippen molar-refractivity contribution < 1.29 is 28.6 Å². The van der Waals surface area contributed by atoms with Gasteiger partial charge in [0.25, 0.3) is 0 Å². The van der Waals surface area contributed by atoms with Crippen molar-refractivity contribution in [3.8, 4) is 0 Å². The molecule has 0 saturated heterocycles. The monoisotopic (exact) mass is 1050 g/mol. The Kier molecular flexibility index (Phi) is 59.4. The second-order valence-corrected chi connectivity index (χ2v) is 20.2. The van der Waals surface area contributed by atoms with E-state index in [0.717, 1.165) is 141 Å². The van der Waals surface area contributed by atoms with Gasteiger partial charge in [0.15, 0.2) is 6.10 Å². The lowest BCUT2D eigenvalue weighted by Crippen LogP contribution is -2.30. The number of hydrogen-bond donors (Lipinski definition) is 0. The molecule has 6 nitrogen and oxygen atoms in total. The molecule has 0 fully saturated rings. The van der Waals surface area contributed by atoms with Gasteiger partial charge in [-0.2, -0.15) is 0 Å². The molecule has 0 N–H and O–H groups in total. The average molecular weight is 1050 g/mol. The Morgan fingerprint density at radius 3 is 0.803 bits per heavy atom. The van der Waals surface area contributed by atoms with Crippen LogP contribution in [0.2, 0.25) is 0 Å². The molecule has 0 aromatic carbocycles. The third kappa shape index (κ3) is 60.4. The lowest BCUT2D eigenvalue weighted by atomic mass is 10.0. The van der Waals surface area contributed by atoms with Crippen LogP contribution in [0.5, 0.6) is 0 Å². The van der Waals surface area contributed by atoms with Crippen LogP contribution in [-0.4, -0.2) is 37.2 Å². The Hall–Kier alpha value is -4.45. The van der Waals surface area contributed by atoms with Gasteiger partial charge in [-0.05, 0) is 116 Å². The van der Waals surface area contributed by atoms with Crippen molar-refractivity contribution in [2.24, 2.45) is 0 Å². The normalized spacial score (nSPS) is 13.0. The summed E-state index contributed by atoms with van der Waals surface area (Å²) < 4.78 is 16.8. The number of unbranched alkanes of at least 4 members (excludes halogenated alkanes) is 22. The first kappa shape index (κ1) is 71.5. The van der Waals surface area contributed by atoms with E-state index < -0.39 is 6.10 Å². The lowest BCUT2D eigenvalue weighted by molar-refractivity contribution is -0.167. The van der Waals surface area contributed by atoms with Crippen LogP contribution in [0.4, 0.5) is 0 Å². The van der Waals surface area contributed by atoms with Crippen LogP contribution in [-0.2, 0) is 28.6 Å². The fraction of sp³-hybridized carbons (Fsp3) is 0.643. The molecule has 1 atom stereocenters. The van der Waals surface area contributed by atoms with Crippen LogP contribution < -0.4 is 0 Å². The second-order valence-electron chi connectivity index (χ2n) is 20.2. The van der Waals surface area contributed by atoms with E-state index in [0.29, 0.717) is 19.3 Å². The quantitative estimate of drug-likeness (QED) is 0.0261. The minimum atomic E-state index is -0.789. The summed E-state index contributed by atoms with van der Waals surface area (Å²) >= 11 is 0. The van der Waals surface area contributed by atoms with Crippen LogP contribution >= 0.6 is 0 Å². The van der Waals surface area contributed by atoms with Crippen molar-refractivity contribution in [3.63, 3.8) is 0 Å². The third-order valence-electron chi connectivity index (χ3n) is 12.9. The molecule has 0 aliphatic rings. The van der Waals surface area contributed by atoms with Gasteiger partial charge in [-0.3, -0.25) is 14.4 Å². The van der Waals surface area contributed by atoms with Crippen LogP contribution in [0.25, 0.3) is 0 Å². The van der Waals surface area contributed by atoms with Gasteiger partial charge in [0.2, 0.25) is 0 Å². The molecule has 0 aliphatic heterocycles. The van der Waals surface area contributed by atoms with Crippen molar-refractivity contribution in [2.75, 3.05) is 13.2 Å². The molecule has 0 saturated carbocycles. The highest BCUT2D eigenvalue weighted by atomic mass is 16.6. The molecule has 430 valence electrons. The predicted molar refractivity (Wildman–Crippen MR) is 329 cm³/mol. The van der Waals surface area contributed by atoms with E-state index >= 15 is 0 Å². The molecule has 76 heavy (non-hydrogen) atoms. The first-order valence-electron chi connectivity index (χ1n) is 31.2. The highest BCUT2D eigenvalue weighted by Crippen LogP contribution is 2.15. The number of carbonyl (C=O) groups is 3. The highest BCUT2D eigenvalue weighted by Gasteiger charge is 2.19. The molecule has 0 radical (unpaired) electrons. The molecular weight excluding hydrogens is 937 g/mol. The molecule has 0 heterocycles. The van der Waals surface area contributed by atoms with Gasteiger partial charge in [-0.15, -0.1) is 0 Å². The molecule has 0 aromatic heterocycles. The van der Waals surface area contributed by atoms with Crippen LogP contribution in [0.1, 0.15) is 271 Å². The maximum absolute atomic E-state index is 12.8. The Morgan fingerprint density at radius 1 is 0.276 bits per heavy atom. The fourth-order valence-corrected chi connectivity index (χ4v) is 8.30. The predicted octanol–water partition coefficient (Wildman–Crippen LogP) is 21.4. The number of rotatable bonds is 55. The van der Waals surface area contributed by atoms with Crippen LogP contribution in [0.15, 0.2) is 134 Å². The van der Waals surface area contributed by atoms with Crippen LogP contribution in [0.3, 0.4) is 0 Å². The van der Waals surface area contributed by atoms with Gasteiger partial charge in [0, 0.05) is 19.3 Å². The van der Waals surface area contributed by atoms with E-state index in [2.05, 4.69) is 154 Å². The first-order chi connectivity index (χ1) is 37.5. The standard InChI is InChI=1S/C70H114O6/c1-4-7-10-13-16-18-20-22-24-26-28-30-32-34-35-37-38-40-42-44-46-48-50-52-54-57-60-63-69(72)75-66-67(65-74-68(71)62-59-56-15-12-9-6-3)76-70(73)64-61-58-55-53-51-49-47-45-43-41-39-36-33-31-29-27-25-23-21-19-17-14-11-8-5-2/h7-8,10-11,16-19,22-25,28-31,34-36,39,43,45,67H,4-6,9,12-15,20-21,26-27,32-33,37-38,40-42,44,46-66H2,1-3H3/b10-7-,11-8-,18-16-,19-17-,24-22-,25-23-,30-28-,31-29-,35-34-,39-36-,45-43-. The van der Waals surface area contributed by atoms with Crippen molar-refractivity contribution in [1.82, 2.24) is 0 Å². The van der Waals surface area contributed by atoms with Gasteiger partial charge in [-0.25, -0.2) is 0 Å². The summed E-state index contributed by atoms with van der Waals surface area (Å²) in [5.41, 5.74) is 0. The number of ether oxygens (including phenoxy) is 3. The summed E-state index contributed by atoms with van der Waals surface area (Å²) in [6, 6.07) is 0. The van der Waals surface area contributed by atoms with Gasteiger partial charge in [0.1, 0.15) is 13.2 Å². The Labute approximate surface area is 468 Å². The zero-order valence-corrected chi connectivity index (χ0v) is 49.2. The van der Waals surface area contributed by atoms with Gasteiger partial charge < -0.3 is 14.2 Å². The number of allylic oxidation sites excluding steroid dienone is 22. The van der Waals surface area contributed by atoms with Crippen molar-refractivity contribution in [1.29, 1.82) is 0 Å². The first-order valence-corrected chi connectivity index (χ1v) is 31.2. The molecular formula is C70H114O6. The van der Waals surface area contributed by atoms with Gasteiger partial charge >= 0.3 is 17.9 Å². The van der Waals surface area contributed by atoms with E-state index in [1.165, 1.54) is 89.9 Å². The molecule has 0 spiro atoms. The maximum Gasteiger partial charge on any atom is 0.306 e. The third-order valence-corrected chi connectivity index (χ3v) is 12.9. The van der Waals surface area contributed by atoms with E-state index in [-0.39, 0.29) is 31.1 Å². The van der Waals surface area contributed by atoms with Gasteiger partial charge in [-0.1, -0.05) is 270 Å². The molecule has 1 unspecified atom stereocenters. The molecule has 0 amide bonds. The van der Waals surface area contributed by atoms with Crippen LogP contribution in [0, 0.1) is 0 Å². The summed E-state index contributed by atoms with van der Waals surface area (Å²) in [6.45, 7) is 6.34. The van der Waals surface area contributed by atoms with Crippen molar-refractivity contribution >= 4 is 17.9 Å². The molecule has 0 aliphatic carbocycles. The fourth-order valence-electron chi connectivity index (χ4n) is 8.30. The molecule has 0 rings (SSSR count). The minimum Gasteiger partial charge on any atom is -0.462 e. The SMILES string of the molecule is CC/C=C\C/C=C\C/C=C\C/C=C\C/C=C\C/C=C\CCCCCCCCC(=O)OC(COC(=O)CCCCCCCC)COC(=O)CCCCCCCCCCCCC/C=C\C/C=C\C/C=C\C/C=C\C/C=C\CC. The van der Waals surface area contributed by atoms with E-state index in [4.69, 9.17) is 14.2 Å². The van der Waals surface area contributed by atoms with E-state index in [9.17, 15) is 14.4 Å². The Balaban J connectivity index is 4.17. The lowest BCUT2D eigenvalue weighted by Gasteiger charge is -2.18. The summed E-state index contributed by atoms with van der Waals surface area (Å²) in [6.07, 6.45) is 89.1. The summed E-state index contributed by atoms with van der Waals surface area (Å²) in [5, 5.41) is 0. The second kappa shape index (κ2) is 63.1. The summed E-state index contributed by atoms with van der Waals surface area (Å²) in [5.74, 6) is -0.916. The molecule has 6 heteroatoms. The molecule has 0 bridgehead atoms. The highest BCUT2D eigenvalue weighted by molar-refractivity contribution is 5.71. The zero-order chi connectivity index (χ0) is 55.0. The molecule has 0 aromatic rings. The van der Waals surface area contributed by atoms with Crippen molar-refractivity contribution in [2.45, 2.75) is 277 Å². The number of carbonyl (C=O) groups excluding carboxylic acids is 3. The van der Waals surface area contributed by atoms with E-state index in [1.54, 1.807) is 0 Å². The van der Waals surface area contributed by atoms with Gasteiger partial charge in [0.05, 0.1) is 0 Å². The smallest absolute Gasteiger partial charge is 0.306 e. The van der Waals surface area contributed by atoms with E-state index in [1.807, 2.05) is 0 Å². The number of hydrogen-bond acceptors (Lipinski definition) is 6.